The fourth-order valence-electron chi connectivity index (χ4n) is 2.67. The van der Waals surface area contributed by atoms with E-state index in [1.54, 1.807) is 6.21 Å². The molecule has 2 aliphatic rings. The Balaban J connectivity index is 1.59. The first kappa shape index (κ1) is 15.2. The molecule has 0 radical (unpaired) electrons. The van der Waals surface area contributed by atoms with Gasteiger partial charge in [-0.2, -0.15) is 5.10 Å². The summed E-state index contributed by atoms with van der Waals surface area (Å²) in [6.07, 6.45) is 5.71. The molecule has 0 saturated carbocycles. The summed E-state index contributed by atoms with van der Waals surface area (Å²) < 4.78 is 0. The first-order chi connectivity index (χ1) is 10.8. The Bertz CT molecular complexity index is 594. The van der Waals surface area contributed by atoms with Crippen molar-refractivity contribution in [2.24, 2.45) is 10.2 Å². The number of benzene rings is 1. The van der Waals surface area contributed by atoms with Crippen LogP contribution >= 0.6 is 11.8 Å². The molecule has 0 spiro atoms. The number of piperidine rings is 1. The van der Waals surface area contributed by atoms with Crippen molar-refractivity contribution in [2.75, 3.05) is 18.8 Å². The summed E-state index contributed by atoms with van der Waals surface area (Å²) in [5.74, 6) is 0.419. The van der Waals surface area contributed by atoms with Crippen LogP contribution in [0.1, 0.15) is 30.4 Å². The number of carbonyl (C=O) groups is 1. The van der Waals surface area contributed by atoms with Gasteiger partial charge in [0.15, 0.2) is 5.17 Å². The van der Waals surface area contributed by atoms with Gasteiger partial charge in [-0.15, -0.1) is 5.10 Å². The summed E-state index contributed by atoms with van der Waals surface area (Å²) in [5, 5.41) is 11.3. The van der Waals surface area contributed by atoms with Crippen LogP contribution < -0.4 is 5.32 Å². The predicted octanol–water partition coefficient (Wildman–Crippen LogP) is 2.23. The number of hydrogen-bond acceptors (Lipinski definition) is 5. The van der Waals surface area contributed by atoms with Crippen molar-refractivity contribution in [3.05, 3.63) is 35.4 Å². The number of nitrogens with one attached hydrogen (secondary N) is 1. The van der Waals surface area contributed by atoms with Gasteiger partial charge in [0.25, 0.3) is 0 Å². The molecule has 0 unspecified atom stereocenters. The van der Waals surface area contributed by atoms with Gasteiger partial charge in [0.05, 0.1) is 12.0 Å². The Morgan fingerprint density at radius 1 is 1.27 bits per heavy atom. The molecular weight excluding hydrogens is 296 g/mol. The van der Waals surface area contributed by atoms with E-state index in [-0.39, 0.29) is 5.91 Å². The van der Waals surface area contributed by atoms with Crippen LogP contribution in [-0.4, -0.2) is 41.0 Å². The average Bonchev–Trinajstić information content (AvgIpc) is 2.94. The Kier molecular flexibility index (Phi) is 5.24. The second-order valence-electron chi connectivity index (χ2n) is 5.57. The van der Waals surface area contributed by atoms with E-state index in [0.717, 1.165) is 12.1 Å². The van der Waals surface area contributed by atoms with Crippen molar-refractivity contribution >= 4 is 29.1 Å². The Morgan fingerprint density at radius 2 is 2.14 bits per heavy atom. The minimum absolute atomic E-state index is 0.0116. The lowest BCUT2D eigenvalue weighted by atomic mass is 10.1. The average molecular weight is 316 g/mol. The van der Waals surface area contributed by atoms with Crippen LogP contribution in [0.4, 0.5) is 0 Å². The summed E-state index contributed by atoms with van der Waals surface area (Å²) in [6.45, 7) is 3.40. The number of hydrogen-bond donors (Lipinski definition) is 1. The molecule has 3 rings (SSSR count). The Labute approximate surface area is 134 Å². The molecule has 116 valence electrons. The predicted molar refractivity (Wildman–Crippen MR) is 91.2 cm³/mol. The molecule has 0 aliphatic carbocycles. The molecule has 1 N–H and O–H groups in total. The van der Waals surface area contributed by atoms with Crippen molar-refractivity contribution in [1.82, 2.24) is 10.2 Å². The fourth-order valence-corrected chi connectivity index (χ4v) is 3.31. The van der Waals surface area contributed by atoms with Crippen molar-refractivity contribution in [1.29, 1.82) is 0 Å². The van der Waals surface area contributed by atoms with Crippen LogP contribution in [0.2, 0.25) is 0 Å². The molecule has 2 aliphatic heterocycles. The van der Waals surface area contributed by atoms with Crippen molar-refractivity contribution < 1.29 is 4.79 Å². The maximum atomic E-state index is 11.1. The molecule has 1 aromatic carbocycles. The van der Waals surface area contributed by atoms with E-state index in [9.17, 15) is 4.79 Å². The smallest absolute Gasteiger partial charge is 0.236 e. The molecule has 0 atom stereocenters. The minimum atomic E-state index is -0.0116. The third kappa shape index (κ3) is 4.42. The molecule has 0 bridgehead atoms. The zero-order chi connectivity index (χ0) is 15.2. The van der Waals surface area contributed by atoms with Crippen LogP contribution in [-0.2, 0) is 11.3 Å². The molecule has 2 fully saturated rings. The molecular formula is C16H20N4OS. The monoisotopic (exact) mass is 316 g/mol. The van der Waals surface area contributed by atoms with Crippen LogP contribution in [0.3, 0.4) is 0 Å². The van der Waals surface area contributed by atoms with Gasteiger partial charge >= 0.3 is 0 Å². The van der Waals surface area contributed by atoms with Crippen LogP contribution in [0, 0.1) is 0 Å². The van der Waals surface area contributed by atoms with Gasteiger partial charge in [-0.1, -0.05) is 36.4 Å². The van der Waals surface area contributed by atoms with Crippen molar-refractivity contribution in [3.63, 3.8) is 0 Å². The second kappa shape index (κ2) is 7.56. The standard InChI is InChI=1S/C16H20N4OS/c21-15-12-22-16(18-15)19-17-10-13-5-4-6-14(9-13)11-20-7-2-1-3-8-20/h4-6,9-10H,1-3,7-8,11-12H2,(H,18,19,21). The molecule has 0 aromatic heterocycles. The molecule has 6 heteroatoms. The van der Waals surface area contributed by atoms with Gasteiger partial charge in [-0.3, -0.25) is 9.69 Å². The first-order valence-electron chi connectivity index (χ1n) is 7.64. The molecule has 2 heterocycles. The van der Waals surface area contributed by atoms with Crippen LogP contribution in [0.25, 0.3) is 0 Å². The molecule has 1 aromatic rings. The molecule has 2 saturated heterocycles. The van der Waals surface area contributed by atoms with Gasteiger partial charge in [0.2, 0.25) is 5.91 Å². The highest BCUT2D eigenvalue weighted by Crippen LogP contribution is 2.14. The number of thioether (sulfide) groups is 1. The number of amidine groups is 1. The van der Waals surface area contributed by atoms with Crippen LogP contribution in [0.15, 0.2) is 34.5 Å². The first-order valence-corrected chi connectivity index (χ1v) is 8.63. The Hall–Kier alpha value is -1.66. The Morgan fingerprint density at radius 3 is 2.91 bits per heavy atom. The topological polar surface area (TPSA) is 57.1 Å². The zero-order valence-corrected chi connectivity index (χ0v) is 13.3. The summed E-state index contributed by atoms with van der Waals surface area (Å²) in [5.41, 5.74) is 2.34. The van der Waals surface area contributed by atoms with Crippen molar-refractivity contribution in [2.45, 2.75) is 25.8 Å². The number of amides is 1. The summed E-state index contributed by atoms with van der Waals surface area (Å²) >= 11 is 1.38. The molecule has 5 nitrogen and oxygen atoms in total. The maximum absolute atomic E-state index is 11.1. The van der Waals surface area contributed by atoms with Gasteiger partial charge < -0.3 is 5.32 Å². The fraction of sp³-hybridized carbons (Fsp3) is 0.438. The van der Waals surface area contributed by atoms with E-state index in [2.05, 4.69) is 38.6 Å². The summed E-state index contributed by atoms with van der Waals surface area (Å²) in [7, 11) is 0. The summed E-state index contributed by atoms with van der Waals surface area (Å²) in [6, 6.07) is 8.38. The third-order valence-corrected chi connectivity index (χ3v) is 4.61. The number of nitrogens with zero attached hydrogens (tertiary/aromatic N) is 3. The van der Waals surface area contributed by atoms with E-state index in [0.29, 0.717) is 10.9 Å². The normalized spacial score (nSPS) is 21.6. The quantitative estimate of drug-likeness (QED) is 0.684. The van der Waals surface area contributed by atoms with E-state index in [1.165, 1.54) is 49.7 Å². The largest absolute Gasteiger partial charge is 0.303 e. The SMILES string of the molecule is O=C1CSC(=NN=Cc2cccc(CN3CCCCC3)c2)N1. The lowest BCUT2D eigenvalue weighted by molar-refractivity contribution is -0.116. The molecule has 1 amide bonds. The van der Waals surface area contributed by atoms with Gasteiger partial charge in [0, 0.05) is 6.54 Å². The minimum Gasteiger partial charge on any atom is -0.303 e. The van der Waals surface area contributed by atoms with Gasteiger partial charge in [-0.05, 0) is 43.1 Å². The lowest BCUT2D eigenvalue weighted by Gasteiger charge is -2.26. The van der Waals surface area contributed by atoms with Gasteiger partial charge in [0.1, 0.15) is 0 Å². The lowest BCUT2D eigenvalue weighted by Crippen LogP contribution is -2.29. The van der Waals surface area contributed by atoms with Crippen LogP contribution in [0.5, 0.6) is 0 Å². The number of carbonyl (C=O) groups excluding carboxylic acids is 1. The third-order valence-electron chi connectivity index (χ3n) is 3.75. The van der Waals surface area contributed by atoms with Crippen molar-refractivity contribution in [3.8, 4) is 0 Å². The van der Waals surface area contributed by atoms with E-state index < -0.39 is 0 Å². The zero-order valence-electron chi connectivity index (χ0n) is 12.5. The highest BCUT2D eigenvalue weighted by atomic mass is 32.2. The second-order valence-corrected chi connectivity index (χ2v) is 6.53. The van der Waals surface area contributed by atoms with Gasteiger partial charge in [-0.25, -0.2) is 0 Å². The van der Waals surface area contributed by atoms with E-state index >= 15 is 0 Å². The summed E-state index contributed by atoms with van der Waals surface area (Å²) in [4.78, 5) is 13.6. The number of rotatable bonds is 4. The van der Waals surface area contributed by atoms with E-state index in [1.807, 2.05) is 6.07 Å². The highest BCUT2D eigenvalue weighted by molar-refractivity contribution is 8.15. The number of likely N-dealkylation sites (tertiary alicyclic amines) is 1. The maximum Gasteiger partial charge on any atom is 0.236 e. The molecule has 22 heavy (non-hydrogen) atoms. The van der Waals surface area contributed by atoms with E-state index in [4.69, 9.17) is 0 Å². The highest BCUT2D eigenvalue weighted by Gasteiger charge is 2.15.